The first-order chi connectivity index (χ1) is 12.6. The van der Waals surface area contributed by atoms with Crippen molar-refractivity contribution in [3.8, 4) is 0 Å². The van der Waals surface area contributed by atoms with Gasteiger partial charge in [0.2, 0.25) is 0 Å². The second kappa shape index (κ2) is 9.81. The van der Waals surface area contributed by atoms with Crippen LogP contribution in [0.15, 0.2) is 54.6 Å². The molecule has 0 spiro atoms. The molecule has 0 unspecified atom stereocenters. The highest BCUT2D eigenvalue weighted by Gasteiger charge is 2.05. The third-order valence-electron chi connectivity index (χ3n) is 4.73. The molecule has 0 atom stereocenters. The van der Waals surface area contributed by atoms with Gasteiger partial charge in [-0.05, 0) is 75.7 Å². The summed E-state index contributed by atoms with van der Waals surface area (Å²) in [6.07, 6.45) is 3.53. The molecule has 0 aromatic heterocycles. The molecule has 0 heterocycles. The maximum Gasteiger partial charge on any atom is 0.185 e. The normalized spacial score (nSPS) is 10.9. The van der Waals surface area contributed by atoms with Gasteiger partial charge in [-0.1, -0.05) is 18.2 Å². The molecule has 0 radical (unpaired) electrons. The molecule has 3 heteroatoms. The van der Waals surface area contributed by atoms with E-state index in [-0.39, 0.29) is 5.78 Å². The fraction of sp³-hybridized carbons (Fsp3) is 0.348. The van der Waals surface area contributed by atoms with Crippen molar-refractivity contribution in [2.45, 2.75) is 27.7 Å². The Morgan fingerprint density at radius 2 is 1.15 bits per heavy atom. The van der Waals surface area contributed by atoms with Crippen LogP contribution in [0.4, 0.5) is 11.4 Å². The van der Waals surface area contributed by atoms with Crippen molar-refractivity contribution in [3.05, 3.63) is 65.7 Å². The molecule has 0 bridgehead atoms. The number of carbonyl (C=O) groups excluding carboxylic acids is 1. The van der Waals surface area contributed by atoms with Crippen molar-refractivity contribution in [2.75, 3.05) is 36.0 Å². The first-order valence-electron chi connectivity index (χ1n) is 9.55. The lowest BCUT2D eigenvalue weighted by Gasteiger charge is -2.21. The quantitative estimate of drug-likeness (QED) is 0.454. The van der Waals surface area contributed by atoms with Gasteiger partial charge in [-0.2, -0.15) is 0 Å². The second-order valence-electron chi connectivity index (χ2n) is 6.18. The van der Waals surface area contributed by atoms with E-state index in [1.54, 1.807) is 6.08 Å². The Balaban J connectivity index is 2.04. The molecule has 0 aliphatic carbocycles. The minimum atomic E-state index is 0.0314. The summed E-state index contributed by atoms with van der Waals surface area (Å²) in [6.45, 7) is 12.5. The maximum absolute atomic E-state index is 12.4. The molecule has 0 saturated heterocycles. The van der Waals surface area contributed by atoms with E-state index >= 15 is 0 Å². The molecule has 26 heavy (non-hydrogen) atoms. The number of anilines is 2. The van der Waals surface area contributed by atoms with E-state index in [4.69, 9.17) is 0 Å². The molecule has 0 amide bonds. The highest BCUT2D eigenvalue weighted by atomic mass is 16.1. The van der Waals surface area contributed by atoms with Crippen LogP contribution in [0.3, 0.4) is 0 Å². The smallest absolute Gasteiger partial charge is 0.185 e. The van der Waals surface area contributed by atoms with Crippen LogP contribution < -0.4 is 9.80 Å². The summed E-state index contributed by atoms with van der Waals surface area (Å²) in [5, 5.41) is 0. The topological polar surface area (TPSA) is 23.6 Å². The summed E-state index contributed by atoms with van der Waals surface area (Å²) in [7, 11) is 0. The Labute approximate surface area is 157 Å². The zero-order chi connectivity index (χ0) is 18.9. The fourth-order valence-electron chi connectivity index (χ4n) is 3.08. The second-order valence-corrected chi connectivity index (χ2v) is 6.18. The van der Waals surface area contributed by atoms with Crippen molar-refractivity contribution >= 4 is 23.2 Å². The van der Waals surface area contributed by atoms with Crippen molar-refractivity contribution < 1.29 is 4.79 Å². The minimum absolute atomic E-state index is 0.0314. The van der Waals surface area contributed by atoms with Crippen molar-refractivity contribution in [1.29, 1.82) is 0 Å². The van der Waals surface area contributed by atoms with Gasteiger partial charge in [0, 0.05) is 43.1 Å². The number of allylic oxidation sites excluding steroid dienone is 1. The Hall–Kier alpha value is -2.55. The lowest BCUT2D eigenvalue weighted by atomic mass is 10.1. The zero-order valence-electron chi connectivity index (χ0n) is 16.4. The van der Waals surface area contributed by atoms with Crippen molar-refractivity contribution in [1.82, 2.24) is 0 Å². The maximum atomic E-state index is 12.4. The highest BCUT2D eigenvalue weighted by molar-refractivity contribution is 6.07. The standard InChI is InChI=1S/C23H30N2O/c1-5-24(6-2)21-14-9-19(10-15-21)11-18-23(26)20-12-16-22(17-13-20)25(7-3)8-4/h9-18H,5-8H2,1-4H3/b18-11-. The van der Waals surface area contributed by atoms with Gasteiger partial charge in [-0.15, -0.1) is 0 Å². The Kier molecular flexibility index (Phi) is 7.46. The summed E-state index contributed by atoms with van der Waals surface area (Å²) in [5.74, 6) is 0.0314. The van der Waals surface area contributed by atoms with Crippen LogP contribution in [0.2, 0.25) is 0 Å². The van der Waals surface area contributed by atoms with Gasteiger partial charge in [0.25, 0.3) is 0 Å². The summed E-state index contributed by atoms with van der Waals surface area (Å²) in [6, 6.07) is 16.2. The van der Waals surface area contributed by atoms with Gasteiger partial charge < -0.3 is 9.80 Å². The SMILES string of the molecule is CCN(CC)c1ccc(/C=C\C(=O)c2ccc(N(CC)CC)cc2)cc1. The number of carbonyl (C=O) groups is 1. The number of hydrogen-bond donors (Lipinski definition) is 0. The minimum Gasteiger partial charge on any atom is -0.372 e. The third-order valence-corrected chi connectivity index (χ3v) is 4.73. The van der Waals surface area contributed by atoms with E-state index in [0.29, 0.717) is 0 Å². The zero-order valence-corrected chi connectivity index (χ0v) is 16.4. The summed E-state index contributed by atoms with van der Waals surface area (Å²) in [4.78, 5) is 17.0. The monoisotopic (exact) mass is 350 g/mol. The average Bonchev–Trinajstić information content (AvgIpc) is 2.69. The molecule has 0 aliphatic rings. The van der Waals surface area contributed by atoms with E-state index in [9.17, 15) is 4.79 Å². The summed E-state index contributed by atoms with van der Waals surface area (Å²) in [5.41, 5.74) is 4.12. The van der Waals surface area contributed by atoms with E-state index in [0.717, 1.165) is 43.0 Å². The third kappa shape index (κ3) is 4.98. The first kappa shape index (κ1) is 19.8. The van der Waals surface area contributed by atoms with E-state index in [2.05, 4.69) is 61.8 Å². The molecule has 2 aromatic rings. The number of hydrogen-bond acceptors (Lipinski definition) is 3. The molecule has 0 N–H and O–H groups in total. The van der Waals surface area contributed by atoms with Gasteiger partial charge >= 0.3 is 0 Å². The van der Waals surface area contributed by atoms with Crippen LogP contribution in [-0.2, 0) is 0 Å². The van der Waals surface area contributed by atoms with Crippen molar-refractivity contribution in [3.63, 3.8) is 0 Å². The predicted octanol–water partition coefficient (Wildman–Crippen LogP) is 5.28. The van der Waals surface area contributed by atoms with E-state index in [1.807, 2.05) is 30.3 Å². The molecule has 138 valence electrons. The molecule has 3 nitrogen and oxygen atoms in total. The molecular weight excluding hydrogens is 320 g/mol. The van der Waals surface area contributed by atoms with Gasteiger partial charge in [-0.3, -0.25) is 4.79 Å². The van der Waals surface area contributed by atoms with Crippen LogP contribution in [-0.4, -0.2) is 32.0 Å². The van der Waals surface area contributed by atoms with Gasteiger partial charge in [0.1, 0.15) is 0 Å². The molecule has 0 fully saturated rings. The van der Waals surface area contributed by atoms with Crippen molar-refractivity contribution in [2.24, 2.45) is 0 Å². The number of rotatable bonds is 9. The van der Waals surface area contributed by atoms with Gasteiger partial charge in [-0.25, -0.2) is 0 Å². The molecule has 2 aromatic carbocycles. The van der Waals surface area contributed by atoms with Gasteiger partial charge in [0.15, 0.2) is 5.78 Å². The lowest BCUT2D eigenvalue weighted by molar-refractivity contribution is 0.104. The van der Waals surface area contributed by atoms with Crippen LogP contribution >= 0.6 is 0 Å². The molecular formula is C23H30N2O. The Bertz CT molecular complexity index is 709. The Morgan fingerprint density at radius 1 is 0.731 bits per heavy atom. The first-order valence-corrected chi connectivity index (χ1v) is 9.55. The Morgan fingerprint density at radius 3 is 1.58 bits per heavy atom. The number of benzene rings is 2. The summed E-state index contributed by atoms with van der Waals surface area (Å²) >= 11 is 0. The molecule has 0 aliphatic heterocycles. The van der Waals surface area contributed by atoms with Crippen LogP contribution in [0, 0.1) is 0 Å². The average molecular weight is 351 g/mol. The van der Waals surface area contributed by atoms with E-state index in [1.165, 1.54) is 5.69 Å². The molecule has 0 saturated carbocycles. The van der Waals surface area contributed by atoms with Crippen LogP contribution in [0.1, 0.15) is 43.6 Å². The summed E-state index contributed by atoms with van der Waals surface area (Å²) < 4.78 is 0. The lowest BCUT2D eigenvalue weighted by Crippen LogP contribution is -2.21. The molecule has 2 rings (SSSR count). The number of ketones is 1. The van der Waals surface area contributed by atoms with Gasteiger partial charge in [0.05, 0.1) is 0 Å². The number of nitrogens with zero attached hydrogens (tertiary/aromatic N) is 2. The van der Waals surface area contributed by atoms with Crippen LogP contribution in [0.25, 0.3) is 6.08 Å². The van der Waals surface area contributed by atoms with E-state index < -0.39 is 0 Å². The largest absolute Gasteiger partial charge is 0.372 e. The fourth-order valence-corrected chi connectivity index (χ4v) is 3.08. The highest BCUT2D eigenvalue weighted by Crippen LogP contribution is 2.17. The van der Waals surface area contributed by atoms with Crippen LogP contribution in [0.5, 0.6) is 0 Å². The predicted molar refractivity (Wildman–Crippen MR) is 113 cm³/mol.